The van der Waals surface area contributed by atoms with Crippen molar-refractivity contribution in [3.63, 3.8) is 0 Å². The number of hydrogen-bond acceptors (Lipinski definition) is 2. The lowest BCUT2D eigenvalue weighted by atomic mass is 9.94. The Balaban J connectivity index is 2.69. The lowest BCUT2D eigenvalue weighted by molar-refractivity contribution is -0.138. The molecule has 1 rings (SSSR count). The van der Waals surface area contributed by atoms with E-state index in [2.05, 4.69) is 0 Å². The molecule has 1 N–H and O–H groups in total. The van der Waals surface area contributed by atoms with Crippen molar-refractivity contribution in [3.05, 3.63) is 11.6 Å². The molecule has 4 nitrogen and oxygen atoms in total. The molecule has 1 fully saturated rings. The Morgan fingerprint density at radius 1 is 1.22 bits per heavy atom. The van der Waals surface area contributed by atoms with Crippen LogP contribution in [0.1, 0.15) is 52.4 Å². The highest BCUT2D eigenvalue weighted by Crippen LogP contribution is 2.23. The summed E-state index contributed by atoms with van der Waals surface area (Å²) in [5, 5.41) is 8.77. The summed E-state index contributed by atoms with van der Waals surface area (Å²) in [6.07, 6.45) is 7.13. The fraction of sp³-hybridized carbons (Fsp3) is 0.714. The van der Waals surface area contributed by atoms with Crippen molar-refractivity contribution >= 4 is 11.9 Å². The van der Waals surface area contributed by atoms with E-state index in [1.807, 2.05) is 13.8 Å². The number of nitrogens with zero attached hydrogens (tertiary/aromatic N) is 1. The predicted molar refractivity (Wildman–Crippen MR) is 70.3 cm³/mol. The SMILES string of the molecule is CC(C)=CC(=O)N(CCC(=O)O)C1CCCCC1. The average molecular weight is 253 g/mol. The number of allylic oxidation sites excluding steroid dienone is 1. The monoisotopic (exact) mass is 253 g/mol. The molecule has 4 heteroatoms. The van der Waals surface area contributed by atoms with E-state index in [-0.39, 0.29) is 18.4 Å². The fourth-order valence-corrected chi connectivity index (χ4v) is 2.41. The molecule has 0 aromatic rings. The van der Waals surface area contributed by atoms with Crippen LogP contribution in [0.15, 0.2) is 11.6 Å². The fourth-order valence-electron chi connectivity index (χ4n) is 2.41. The van der Waals surface area contributed by atoms with Crippen LogP contribution in [0.3, 0.4) is 0 Å². The maximum absolute atomic E-state index is 12.1. The lowest BCUT2D eigenvalue weighted by Gasteiger charge is -2.33. The minimum absolute atomic E-state index is 0.0266. The summed E-state index contributed by atoms with van der Waals surface area (Å²) >= 11 is 0. The van der Waals surface area contributed by atoms with Crippen molar-refractivity contribution in [2.45, 2.75) is 58.4 Å². The van der Waals surface area contributed by atoms with Gasteiger partial charge in [-0.2, -0.15) is 0 Å². The molecule has 0 aromatic heterocycles. The topological polar surface area (TPSA) is 57.6 Å². The van der Waals surface area contributed by atoms with Crippen LogP contribution in [0.4, 0.5) is 0 Å². The molecule has 0 bridgehead atoms. The van der Waals surface area contributed by atoms with Crippen molar-refractivity contribution in [1.82, 2.24) is 4.90 Å². The van der Waals surface area contributed by atoms with Crippen molar-refractivity contribution in [2.75, 3.05) is 6.54 Å². The van der Waals surface area contributed by atoms with E-state index in [4.69, 9.17) is 5.11 Å². The highest BCUT2D eigenvalue weighted by atomic mass is 16.4. The number of carbonyl (C=O) groups excluding carboxylic acids is 1. The molecule has 0 unspecified atom stereocenters. The summed E-state index contributed by atoms with van der Waals surface area (Å²) in [6.45, 7) is 4.09. The molecule has 1 amide bonds. The highest BCUT2D eigenvalue weighted by Gasteiger charge is 2.24. The molecule has 1 aliphatic carbocycles. The number of carboxylic acid groups (broad SMARTS) is 1. The third kappa shape index (κ3) is 4.90. The van der Waals surface area contributed by atoms with Crippen LogP contribution in [0.5, 0.6) is 0 Å². The number of hydrogen-bond donors (Lipinski definition) is 1. The first-order valence-corrected chi connectivity index (χ1v) is 6.68. The maximum atomic E-state index is 12.1. The van der Waals surface area contributed by atoms with E-state index < -0.39 is 5.97 Å². The second-order valence-electron chi connectivity index (χ2n) is 5.19. The summed E-state index contributed by atoms with van der Waals surface area (Å²) in [7, 11) is 0. The Kier molecular flexibility index (Phi) is 5.89. The minimum Gasteiger partial charge on any atom is -0.481 e. The maximum Gasteiger partial charge on any atom is 0.305 e. The predicted octanol–water partition coefficient (Wildman–Crippen LogP) is 2.59. The third-order valence-electron chi connectivity index (χ3n) is 3.28. The van der Waals surface area contributed by atoms with Crippen molar-refractivity contribution in [1.29, 1.82) is 0 Å². The van der Waals surface area contributed by atoms with Crippen LogP contribution in [0.25, 0.3) is 0 Å². The second kappa shape index (κ2) is 7.19. The van der Waals surface area contributed by atoms with Crippen LogP contribution < -0.4 is 0 Å². The Morgan fingerprint density at radius 3 is 2.33 bits per heavy atom. The van der Waals surface area contributed by atoms with Crippen molar-refractivity contribution < 1.29 is 14.7 Å². The van der Waals surface area contributed by atoms with Crippen molar-refractivity contribution in [2.24, 2.45) is 0 Å². The molecule has 0 saturated heterocycles. The van der Waals surface area contributed by atoms with Gasteiger partial charge in [0.25, 0.3) is 0 Å². The first-order chi connectivity index (χ1) is 8.50. The zero-order valence-corrected chi connectivity index (χ0v) is 11.3. The largest absolute Gasteiger partial charge is 0.481 e. The van der Waals surface area contributed by atoms with Gasteiger partial charge in [-0.1, -0.05) is 24.8 Å². The van der Waals surface area contributed by atoms with Gasteiger partial charge >= 0.3 is 5.97 Å². The van der Waals surface area contributed by atoms with Gasteiger partial charge in [-0.05, 0) is 26.7 Å². The average Bonchev–Trinajstić information content (AvgIpc) is 2.29. The normalized spacial score (nSPS) is 16.1. The molecule has 102 valence electrons. The number of aliphatic carboxylic acids is 1. The van der Waals surface area contributed by atoms with E-state index >= 15 is 0 Å². The molecule has 0 aromatic carbocycles. The van der Waals surface area contributed by atoms with Gasteiger partial charge < -0.3 is 10.0 Å². The lowest BCUT2D eigenvalue weighted by Crippen LogP contribution is -2.41. The Morgan fingerprint density at radius 2 is 1.83 bits per heavy atom. The van der Waals surface area contributed by atoms with Crippen LogP contribution in [-0.4, -0.2) is 34.5 Å². The molecule has 0 heterocycles. The van der Waals surface area contributed by atoms with Gasteiger partial charge in [-0.25, -0.2) is 0 Å². The Labute approximate surface area is 109 Å². The van der Waals surface area contributed by atoms with Crippen LogP contribution in [-0.2, 0) is 9.59 Å². The van der Waals surface area contributed by atoms with Gasteiger partial charge in [0.2, 0.25) is 5.91 Å². The molecule has 0 atom stereocenters. The first kappa shape index (κ1) is 14.7. The zero-order chi connectivity index (χ0) is 13.5. The molecule has 18 heavy (non-hydrogen) atoms. The number of carboxylic acids is 1. The Hall–Kier alpha value is -1.32. The van der Waals surface area contributed by atoms with Gasteiger partial charge in [0.1, 0.15) is 0 Å². The quantitative estimate of drug-likeness (QED) is 0.766. The minimum atomic E-state index is -0.846. The number of carbonyl (C=O) groups is 2. The van der Waals surface area contributed by atoms with Gasteiger partial charge in [0.15, 0.2) is 0 Å². The summed E-state index contributed by atoms with van der Waals surface area (Å²) in [6, 6.07) is 0.223. The summed E-state index contributed by atoms with van der Waals surface area (Å²) < 4.78 is 0. The van der Waals surface area contributed by atoms with E-state index in [0.717, 1.165) is 31.3 Å². The second-order valence-corrected chi connectivity index (χ2v) is 5.19. The van der Waals surface area contributed by atoms with Gasteiger partial charge in [-0.15, -0.1) is 0 Å². The standard InChI is InChI=1S/C14H23NO3/c1-11(2)10-13(16)15(9-8-14(17)18)12-6-4-3-5-7-12/h10,12H,3-9H2,1-2H3,(H,17,18). The molecule has 0 radical (unpaired) electrons. The van der Waals surface area contributed by atoms with Crippen LogP contribution in [0, 0.1) is 0 Å². The van der Waals surface area contributed by atoms with Crippen LogP contribution in [0.2, 0.25) is 0 Å². The van der Waals surface area contributed by atoms with Crippen molar-refractivity contribution in [3.8, 4) is 0 Å². The molecular weight excluding hydrogens is 230 g/mol. The van der Waals surface area contributed by atoms with E-state index in [1.54, 1.807) is 11.0 Å². The highest BCUT2D eigenvalue weighted by molar-refractivity contribution is 5.88. The molecular formula is C14H23NO3. The first-order valence-electron chi connectivity index (χ1n) is 6.68. The van der Waals surface area contributed by atoms with E-state index in [9.17, 15) is 9.59 Å². The zero-order valence-electron chi connectivity index (χ0n) is 11.3. The van der Waals surface area contributed by atoms with Crippen LogP contribution >= 0.6 is 0 Å². The molecule has 0 aliphatic heterocycles. The van der Waals surface area contributed by atoms with E-state index in [0.29, 0.717) is 6.54 Å². The number of rotatable bonds is 5. The van der Waals surface area contributed by atoms with E-state index in [1.165, 1.54) is 6.42 Å². The molecule has 1 aliphatic rings. The third-order valence-corrected chi connectivity index (χ3v) is 3.28. The smallest absolute Gasteiger partial charge is 0.305 e. The van der Waals surface area contributed by atoms with Gasteiger partial charge in [0.05, 0.1) is 6.42 Å². The summed E-state index contributed by atoms with van der Waals surface area (Å²) in [5.41, 5.74) is 0.955. The summed E-state index contributed by atoms with van der Waals surface area (Å²) in [5.74, 6) is -0.885. The summed E-state index contributed by atoms with van der Waals surface area (Å²) in [4.78, 5) is 24.6. The van der Waals surface area contributed by atoms with Gasteiger partial charge in [0, 0.05) is 18.7 Å². The molecule has 0 spiro atoms. The van der Waals surface area contributed by atoms with Gasteiger partial charge in [-0.3, -0.25) is 9.59 Å². The Bertz CT molecular complexity index is 326. The molecule has 1 saturated carbocycles. The number of amides is 1.